The highest BCUT2D eigenvalue weighted by molar-refractivity contribution is 6.12. The minimum atomic E-state index is -0.273. The molecule has 1 atom stereocenters. The van der Waals surface area contributed by atoms with Crippen LogP contribution in [-0.2, 0) is 9.59 Å². The lowest BCUT2D eigenvalue weighted by molar-refractivity contribution is -0.136. The molecule has 6 heteroatoms. The molecular formula is C13H19N3O3. The first-order valence-corrected chi connectivity index (χ1v) is 6.64. The molecule has 0 spiro atoms. The normalized spacial score (nSPS) is 22.5. The third-order valence-electron chi connectivity index (χ3n) is 3.45. The average molecular weight is 265 g/mol. The molecule has 0 radical (unpaired) electrons. The van der Waals surface area contributed by atoms with Crippen molar-refractivity contribution in [3.63, 3.8) is 0 Å². The Hall–Kier alpha value is -1.85. The summed E-state index contributed by atoms with van der Waals surface area (Å²) in [4.78, 5) is 37.3. The number of carbonyl (C=O) groups is 3. The van der Waals surface area contributed by atoms with Gasteiger partial charge in [0.25, 0.3) is 11.8 Å². The van der Waals surface area contributed by atoms with Crippen LogP contribution in [-0.4, -0.2) is 53.8 Å². The van der Waals surface area contributed by atoms with E-state index >= 15 is 0 Å². The lowest BCUT2D eigenvalue weighted by Gasteiger charge is -2.18. The quantitative estimate of drug-likeness (QED) is 0.589. The summed E-state index contributed by atoms with van der Waals surface area (Å²) >= 11 is 0. The van der Waals surface area contributed by atoms with Crippen molar-refractivity contribution in [2.45, 2.75) is 19.8 Å². The van der Waals surface area contributed by atoms with E-state index in [1.54, 1.807) is 4.90 Å². The Labute approximate surface area is 112 Å². The van der Waals surface area contributed by atoms with Crippen LogP contribution < -0.4 is 5.32 Å². The third-order valence-corrected chi connectivity index (χ3v) is 3.45. The molecule has 0 aromatic rings. The van der Waals surface area contributed by atoms with Crippen LogP contribution in [0.1, 0.15) is 19.8 Å². The van der Waals surface area contributed by atoms with Gasteiger partial charge in [-0.1, -0.05) is 6.92 Å². The molecule has 2 aliphatic heterocycles. The number of likely N-dealkylation sites (tertiary alicyclic amines) is 1. The van der Waals surface area contributed by atoms with E-state index in [9.17, 15) is 14.4 Å². The summed E-state index contributed by atoms with van der Waals surface area (Å²) < 4.78 is 0. The highest BCUT2D eigenvalue weighted by atomic mass is 16.2. The lowest BCUT2D eigenvalue weighted by atomic mass is 10.2. The van der Waals surface area contributed by atoms with E-state index in [0.29, 0.717) is 25.4 Å². The van der Waals surface area contributed by atoms with Crippen LogP contribution in [0.4, 0.5) is 4.79 Å². The van der Waals surface area contributed by atoms with E-state index in [-0.39, 0.29) is 17.8 Å². The van der Waals surface area contributed by atoms with Gasteiger partial charge in [0, 0.05) is 38.3 Å². The van der Waals surface area contributed by atoms with Gasteiger partial charge in [0.05, 0.1) is 0 Å². The first kappa shape index (κ1) is 13.6. The number of hydrogen-bond acceptors (Lipinski definition) is 3. The van der Waals surface area contributed by atoms with E-state index in [1.165, 1.54) is 17.1 Å². The van der Waals surface area contributed by atoms with Crippen LogP contribution in [0, 0.1) is 5.92 Å². The summed E-state index contributed by atoms with van der Waals surface area (Å²) in [6.45, 7) is 4.56. The number of carbonyl (C=O) groups excluding carboxylic acids is 3. The topological polar surface area (TPSA) is 69.7 Å². The SMILES string of the molecule is C[C@@H]1CCN(C(=O)NCCCN2C(=O)C=CC2=O)C1. The molecule has 0 unspecified atom stereocenters. The zero-order chi connectivity index (χ0) is 13.8. The van der Waals surface area contributed by atoms with Gasteiger partial charge >= 0.3 is 6.03 Å². The Morgan fingerprint density at radius 2 is 2.05 bits per heavy atom. The van der Waals surface area contributed by atoms with Gasteiger partial charge < -0.3 is 10.2 Å². The van der Waals surface area contributed by atoms with Crippen LogP contribution >= 0.6 is 0 Å². The summed E-state index contributed by atoms with van der Waals surface area (Å²) in [6, 6.07) is -0.0541. The van der Waals surface area contributed by atoms with Gasteiger partial charge in [-0.3, -0.25) is 14.5 Å². The summed E-state index contributed by atoms with van der Waals surface area (Å²) in [7, 11) is 0. The maximum Gasteiger partial charge on any atom is 0.317 e. The number of amides is 4. The predicted molar refractivity (Wildman–Crippen MR) is 69.2 cm³/mol. The van der Waals surface area contributed by atoms with Crippen LogP contribution in [0.15, 0.2) is 12.2 Å². The first-order chi connectivity index (χ1) is 9.08. The van der Waals surface area contributed by atoms with Crippen LogP contribution in [0.2, 0.25) is 0 Å². The molecule has 2 heterocycles. The van der Waals surface area contributed by atoms with E-state index < -0.39 is 0 Å². The lowest BCUT2D eigenvalue weighted by Crippen LogP contribution is -2.40. The van der Waals surface area contributed by atoms with Gasteiger partial charge in [-0.2, -0.15) is 0 Å². The van der Waals surface area contributed by atoms with Crippen LogP contribution in [0.5, 0.6) is 0 Å². The summed E-state index contributed by atoms with van der Waals surface area (Å²) in [5.74, 6) is 0.0195. The summed E-state index contributed by atoms with van der Waals surface area (Å²) in [5.41, 5.74) is 0. The fourth-order valence-corrected chi connectivity index (χ4v) is 2.32. The fourth-order valence-electron chi connectivity index (χ4n) is 2.32. The number of imide groups is 1. The largest absolute Gasteiger partial charge is 0.338 e. The fraction of sp³-hybridized carbons (Fsp3) is 0.615. The zero-order valence-corrected chi connectivity index (χ0v) is 11.1. The molecule has 0 aromatic carbocycles. The van der Waals surface area contributed by atoms with Crippen LogP contribution in [0.3, 0.4) is 0 Å². The Balaban J connectivity index is 1.63. The van der Waals surface area contributed by atoms with Gasteiger partial charge in [0.1, 0.15) is 0 Å². The van der Waals surface area contributed by atoms with Gasteiger partial charge in [0.2, 0.25) is 0 Å². The second-order valence-corrected chi connectivity index (χ2v) is 5.09. The monoisotopic (exact) mass is 265 g/mol. The molecule has 0 aromatic heterocycles. The van der Waals surface area contributed by atoms with E-state index in [1.807, 2.05) is 0 Å². The molecule has 1 N–H and O–H groups in total. The summed E-state index contributed by atoms with van der Waals surface area (Å²) in [6.07, 6.45) is 4.17. The molecular weight excluding hydrogens is 246 g/mol. The highest BCUT2D eigenvalue weighted by Gasteiger charge is 2.24. The molecule has 4 amide bonds. The van der Waals surface area contributed by atoms with Gasteiger partial charge in [-0.05, 0) is 18.8 Å². The van der Waals surface area contributed by atoms with E-state index in [0.717, 1.165) is 19.5 Å². The van der Waals surface area contributed by atoms with Crippen molar-refractivity contribution >= 4 is 17.8 Å². The maximum atomic E-state index is 11.8. The zero-order valence-electron chi connectivity index (χ0n) is 11.1. The second-order valence-electron chi connectivity index (χ2n) is 5.09. The predicted octanol–water partition coefficient (Wildman–Crippen LogP) is 0.353. The molecule has 2 rings (SSSR count). The van der Waals surface area contributed by atoms with Crippen LogP contribution in [0.25, 0.3) is 0 Å². The molecule has 19 heavy (non-hydrogen) atoms. The average Bonchev–Trinajstić information content (AvgIpc) is 2.94. The van der Waals surface area contributed by atoms with Crippen molar-refractivity contribution in [2.75, 3.05) is 26.2 Å². The van der Waals surface area contributed by atoms with Crippen molar-refractivity contribution in [3.05, 3.63) is 12.2 Å². The van der Waals surface area contributed by atoms with Crippen molar-refractivity contribution in [3.8, 4) is 0 Å². The van der Waals surface area contributed by atoms with Crippen molar-refractivity contribution in [1.29, 1.82) is 0 Å². The second kappa shape index (κ2) is 5.86. The third kappa shape index (κ3) is 3.33. The number of nitrogens with zero attached hydrogens (tertiary/aromatic N) is 2. The van der Waals surface area contributed by atoms with E-state index in [4.69, 9.17) is 0 Å². The minimum absolute atomic E-state index is 0.0541. The molecule has 0 aliphatic carbocycles. The molecule has 0 bridgehead atoms. The molecule has 0 saturated carbocycles. The Bertz CT molecular complexity index is 401. The van der Waals surface area contributed by atoms with Gasteiger partial charge in [0.15, 0.2) is 0 Å². The molecule has 1 fully saturated rings. The van der Waals surface area contributed by atoms with E-state index in [2.05, 4.69) is 12.2 Å². The number of rotatable bonds is 4. The standard InChI is InChI=1S/C13H19N3O3/c1-10-5-8-15(9-10)13(19)14-6-2-7-16-11(17)3-4-12(16)18/h3-4,10H,2,5-9H2,1H3,(H,14,19)/t10-/m1/s1. The molecule has 1 saturated heterocycles. The van der Waals surface area contributed by atoms with Crippen molar-refractivity contribution in [1.82, 2.24) is 15.1 Å². The maximum absolute atomic E-state index is 11.8. The minimum Gasteiger partial charge on any atom is -0.338 e. The Morgan fingerprint density at radius 1 is 1.37 bits per heavy atom. The highest BCUT2D eigenvalue weighted by Crippen LogP contribution is 2.14. The van der Waals surface area contributed by atoms with Gasteiger partial charge in [-0.25, -0.2) is 4.79 Å². The number of nitrogens with one attached hydrogen (secondary N) is 1. The first-order valence-electron chi connectivity index (χ1n) is 6.64. The molecule has 2 aliphatic rings. The number of urea groups is 1. The molecule has 104 valence electrons. The van der Waals surface area contributed by atoms with Crippen molar-refractivity contribution in [2.24, 2.45) is 5.92 Å². The smallest absolute Gasteiger partial charge is 0.317 e. The Kier molecular flexibility index (Phi) is 4.19. The van der Waals surface area contributed by atoms with Gasteiger partial charge in [-0.15, -0.1) is 0 Å². The summed E-state index contributed by atoms with van der Waals surface area (Å²) in [5, 5.41) is 2.82. The number of hydrogen-bond donors (Lipinski definition) is 1. The molecule has 6 nitrogen and oxygen atoms in total. The van der Waals surface area contributed by atoms with Crippen molar-refractivity contribution < 1.29 is 14.4 Å². The Morgan fingerprint density at radius 3 is 2.63 bits per heavy atom.